The molecular formula is C18H17N3O3. The average Bonchev–Trinajstić information content (AvgIpc) is 2.56. The van der Waals surface area contributed by atoms with Gasteiger partial charge in [-0.2, -0.15) is 0 Å². The zero-order valence-corrected chi connectivity index (χ0v) is 13.2. The second-order valence-corrected chi connectivity index (χ2v) is 5.53. The van der Waals surface area contributed by atoms with Crippen LogP contribution in [0.25, 0.3) is 0 Å². The third-order valence-electron chi connectivity index (χ3n) is 3.81. The first-order chi connectivity index (χ1) is 11.6. The molecule has 6 heteroatoms. The van der Waals surface area contributed by atoms with Gasteiger partial charge in [-0.1, -0.05) is 30.3 Å². The first-order valence-corrected chi connectivity index (χ1v) is 7.61. The molecule has 3 rings (SSSR count). The van der Waals surface area contributed by atoms with Crippen LogP contribution in [0, 0.1) is 0 Å². The van der Waals surface area contributed by atoms with Crippen molar-refractivity contribution in [3.8, 4) is 0 Å². The van der Waals surface area contributed by atoms with E-state index in [0.717, 1.165) is 0 Å². The molecule has 3 amide bonds. The Morgan fingerprint density at radius 2 is 1.75 bits per heavy atom. The fraction of sp³-hybridized carbons (Fsp3) is 0.167. The van der Waals surface area contributed by atoms with Crippen LogP contribution in [-0.4, -0.2) is 23.8 Å². The van der Waals surface area contributed by atoms with Crippen LogP contribution in [0.4, 0.5) is 17.1 Å². The number of para-hydroxylation sites is 3. The van der Waals surface area contributed by atoms with E-state index >= 15 is 0 Å². The van der Waals surface area contributed by atoms with Gasteiger partial charge in [0.1, 0.15) is 6.04 Å². The summed E-state index contributed by atoms with van der Waals surface area (Å²) in [5.74, 6) is -0.978. The molecule has 122 valence electrons. The Balaban J connectivity index is 1.82. The van der Waals surface area contributed by atoms with Crippen molar-refractivity contribution >= 4 is 34.8 Å². The molecule has 24 heavy (non-hydrogen) atoms. The van der Waals surface area contributed by atoms with Gasteiger partial charge >= 0.3 is 0 Å². The number of nitrogens with one attached hydrogen (secondary N) is 2. The van der Waals surface area contributed by atoms with Crippen molar-refractivity contribution in [2.75, 3.05) is 15.5 Å². The first-order valence-electron chi connectivity index (χ1n) is 7.61. The molecule has 2 aromatic rings. The van der Waals surface area contributed by atoms with Crippen molar-refractivity contribution in [1.82, 2.24) is 0 Å². The van der Waals surface area contributed by atoms with E-state index < -0.39 is 6.04 Å². The number of benzene rings is 2. The van der Waals surface area contributed by atoms with E-state index in [-0.39, 0.29) is 24.1 Å². The number of carbonyl (C=O) groups excluding carboxylic acids is 3. The Bertz CT molecular complexity index is 789. The summed E-state index contributed by atoms with van der Waals surface area (Å²) in [6.07, 6.45) is -0.116. The number of anilines is 3. The largest absolute Gasteiger partial charge is 0.326 e. The molecule has 0 unspecified atom stereocenters. The van der Waals surface area contributed by atoms with Crippen LogP contribution in [0.1, 0.15) is 13.3 Å². The number of hydrogen-bond donors (Lipinski definition) is 2. The van der Waals surface area contributed by atoms with Crippen molar-refractivity contribution in [2.24, 2.45) is 0 Å². The summed E-state index contributed by atoms with van der Waals surface area (Å²) in [7, 11) is 0. The van der Waals surface area contributed by atoms with Crippen LogP contribution in [0.5, 0.6) is 0 Å². The highest BCUT2D eigenvalue weighted by Gasteiger charge is 2.36. The maximum atomic E-state index is 12.4. The summed E-state index contributed by atoms with van der Waals surface area (Å²) in [5.41, 5.74) is 1.81. The standard InChI is InChI=1S/C18H17N3O3/c1-12(22)21-15-10-6-5-9-14(15)20-18(24)16(21)11-17(23)19-13-7-3-2-4-8-13/h2-10,16H,11H2,1H3,(H,19,23)(H,20,24)/t16-/m1/s1. The van der Waals surface area contributed by atoms with E-state index in [1.54, 1.807) is 48.5 Å². The SMILES string of the molecule is CC(=O)N1c2ccccc2NC(=O)[C@H]1CC(=O)Nc1ccccc1. The van der Waals surface area contributed by atoms with Gasteiger partial charge in [0.15, 0.2) is 0 Å². The number of rotatable bonds is 3. The molecule has 0 fully saturated rings. The van der Waals surface area contributed by atoms with Gasteiger partial charge in [0, 0.05) is 12.6 Å². The second-order valence-electron chi connectivity index (χ2n) is 5.53. The summed E-state index contributed by atoms with van der Waals surface area (Å²) < 4.78 is 0. The maximum Gasteiger partial charge on any atom is 0.248 e. The van der Waals surface area contributed by atoms with Gasteiger partial charge in [0.05, 0.1) is 17.8 Å². The Kier molecular flexibility index (Phi) is 4.29. The van der Waals surface area contributed by atoms with Gasteiger partial charge in [-0.25, -0.2) is 0 Å². The van der Waals surface area contributed by atoms with E-state index in [2.05, 4.69) is 10.6 Å². The van der Waals surface area contributed by atoms with Gasteiger partial charge in [-0.05, 0) is 24.3 Å². The average molecular weight is 323 g/mol. The summed E-state index contributed by atoms with van der Waals surface area (Å²) in [4.78, 5) is 38.1. The maximum absolute atomic E-state index is 12.4. The monoisotopic (exact) mass is 323 g/mol. The van der Waals surface area contributed by atoms with Crippen molar-refractivity contribution in [3.05, 3.63) is 54.6 Å². The Morgan fingerprint density at radius 1 is 1.08 bits per heavy atom. The van der Waals surface area contributed by atoms with Crippen LogP contribution in [0.15, 0.2) is 54.6 Å². The number of carbonyl (C=O) groups is 3. The summed E-state index contributed by atoms with van der Waals surface area (Å²) in [6, 6.07) is 15.1. The van der Waals surface area contributed by atoms with Crippen molar-refractivity contribution in [3.63, 3.8) is 0 Å². The molecule has 0 saturated carbocycles. The Morgan fingerprint density at radius 3 is 2.46 bits per heavy atom. The molecule has 0 aromatic heterocycles. The van der Waals surface area contributed by atoms with E-state index in [1.807, 2.05) is 6.07 Å². The highest BCUT2D eigenvalue weighted by Crippen LogP contribution is 2.32. The topological polar surface area (TPSA) is 78.5 Å². The van der Waals surface area contributed by atoms with Gasteiger partial charge in [0.25, 0.3) is 0 Å². The summed E-state index contributed by atoms with van der Waals surface area (Å²) in [5, 5.41) is 5.49. The van der Waals surface area contributed by atoms with Crippen LogP contribution < -0.4 is 15.5 Å². The van der Waals surface area contributed by atoms with E-state index in [0.29, 0.717) is 17.1 Å². The zero-order valence-electron chi connectivity index (χ0n) is 13.2. The molecule has 1 atom stereocenters. The number of amides is 3. The molecule has 0 spiro atoms. The lowest BCUT2D eigenvalue weighted by molar-refractivity contribution is -0.125. The van der Waals surface area contributed by atoms with Crippen LogP contribution >= 0.6 is 0 Å². The van der Waals surface area contributed by atoms with Crippen LogP contribution in [-0.2, 0) is 14.4 Å². The predicted molar refractivity (Wildman–Crippen MR) is 91.7 cm³/mol. The fourth-order valence-corrected chi connectivity index (χ4v) is 2.77. The number of hydrogen-bond acceptors (Lipinski definition) is 3. The lowest BCUT2D eigenvalue weighted by Crippen LogP contribution is -2.51. The van der Waals surface area contributed by atoms with E-state index in [9.17, 15) is 14.4 Å². The molecule has 1 aliphatic rings. The molecule has 1 aliphatic heterocycles. The molecule has 6 nitrogen and oxygen atoms in total. The van der Waals surface area contributed by atoms with Gasteiger partial charge in [-0.3, -0.25) is 19.3 Å². The third kappa shape index (κ3) is 3.12. The minimum absolute atomic E-state index is 0.116. The molecule has 2 aromatic carbocycles. The van der Waals surface area contributed by atoms with Crippen LogP contribution in [0.2, 0.25) is 0 Å². The smallest absolute Gasteiger partial charge is 0.248 e. The van der Waals surface area contributed by atoms with Crippen molar-refractivity contribution < 1.29 is 14.4 Å². The summed E-state index contributed by atoms with van der Waals surface area (Å²) >= 11 is 0. The van der Waals surface area contributed by atoms with Crippen molar-refractivity contribution in [2.45, 2.75) is 19.4 Å². The zero-order chi connectivity index (χ0) is 17.1. The van der Waals surface area contributed by atoms with Crippen LogP contribution in [0.3, 0.4) is 0 Å². The Hall–Kier alpha value is -3.15. The highest BCUT2D eigenvalue weighted by molar-refractivity contribution is 6.13. The third-order valence-corrected chi connectivity index (χ3v) is 3.81. The molecule has 0 saturated heterocycles. The lowest BCUT2D eigenvalue weighted by atomic mass is 10.0. The van der Waals surface area contributed by atoms with Gasteiger partial charge in [-0.15, -0.1) is 0 Å². The fourth-order valence-electron chi connectivity index (χ4n) is 2.77. The minimum Gasteiger partial charge on any atom is -0.326 e. The van der Waals surface area contributed by atoms with Gasteiger partial charge < -0.3 is 10.6 Å². The van der Waals surface area contributed by atoms with Gasteiger partial charge in [0.2, 0.25) is 17.7 Å². The molecule has 0 aliphatic carbocycles. The molecule has 0 bridgehead atoms. The second kappa shape index (κ2) is 6.54. The van der Waals surface area contributed by atoms with E-state index in [4.69, 9.17) is 0 Å². The first kappa shape index (κ1) is 15.7. The Labute approximate surface area is 139 Å². The number of fused-ring (bicyclic) bond motifs is 1. The normalized spacial score (nSPS) is 16.1. The molecular weight excluding hydrogens is 306 g/mol. The quantitative estimate of drug-likeness (QED) is 0.910. The minimum atomic E-state index is -0.874. The lowest BCUT2D eigenvalue weighted by Gasteiger charge is -2.35. The molecule has 2 N–H and O–H groups in total. The molecule has 1 heterocycles. The number of nitrogens with zero attached hydrogens (tertiary/aromatic N) is 1. The molecule has 0 radical (unpaired) electrons. The van der Waals surface area contributed by atoms with E-state index in [1.165, 1.54) is 11.8 Å². The highest BCUT2D eigenvalue weighted by atomic mass is 16.2. The van der Waals surface area contributed by atoms with Crippen molar-refractivity contribution in [1.29, 1.82) is 0 Å². The summed E-state index contributed by atoms with van der Waals surface area (Å²) in [6.45, 7) is 1.39. The predicted octanol–water partition coefficient (Wildman–Crippen LogP) is 2.39.